The van der Waals surface area contributed by atoms with E-state index in [9.17, 15) is 4.39 Å². The Morgan fingerprint density at radius 3 is 2.84 bits per heavy atom. The van der Waals surface area contributed by atoms with Crippen molar-refractivity contribution in [3.8, 4) is 5.75 Å². The Hall–Kier alpha value is -2.04. The molecule has 5 heteroatoms. The molecule has 1 heterocycles. The van der Waals surface area contributed by atoms with E-state index in [1.54, 1.807) is 25.4 Å². The van der Waals surface area contributed by atoms with Gasteiger partial charge in [0, 0.05) is 30.4 Å². The van der Waals surface area contributed by atoms with Crippen LogP contribution in [0.1, 0.15) is 25.5 Å². The summed E-state index contributed by atoms with van der Waals surface area (Å²) >= 11 is 0. The van der Waals surface area contributed by atoms with Gasteiger partial charge < -0.3 is 10.1 Å². The summed E-state index contributed by atoms with van der Waals surface area (Å²) in [5.74, 6) is 0.332. The van der Waals surface area contributed by atoms with Crippen LogP contribution in [-0.2, 0) is 6.54 Å². The molecule has 19 heavy (non-hydrogen) atoms. The van der Waals surface area contributed by atoms with Crippen molar-refractivity contribution in [2.75, 3.05) is 12.4 Å². The normalized spacial score (nSPS) is 10.8. The number of aromatic nitrogens is 2. The first-order chi connectivity index (χ1) is 9.10. The predicted octanol–water partition coefficient (Wildman–Crippen LogP) is 3.22. The summed E-state index contributed by atoms with van der Waals surface area (Å²) in [6.07, 6.45) is 3.74. The monoisotopic (exact) mass is 263 g/mol. The summed E-state index contributed by atoms with van der Waals surface area (Å²) in [5, 5.41) is 7.29. The molecule has 0 aliphatic rings. The van der Waals surface area contributed by atoms with Gasteiger partial charge in [-0.15, -0.1) is 0 Å². The van der Waals surface area contributed by atoms with Crippen molar-refractivity contribution in [1.29, 1.82) is 0 Å². The molecule has 0 amide bonds. The largest absolute Gasteiger partial charge is 0.497 e. The minimum atomic E-state index is -0.294. The van der Waals surface area contributed by atoms with Crippen LogP contribution in [0.4, 0.5) is 10.1 Å². The summed E-state index contributed by atoms with van der Waals surface area (Å²) in [4.78, 5) is 0. The van der Waals surface area contributed by atoms with Gasteiger partial charge in [0.25, 0.3) is 0 Å². The van der Waals surface area contributed by atoms with Crippen LogP contribution in [0, 0.1) is 5.82 Å². The van der Waals surface area contributed by atoms with Crippen LogP contribution in [0.25, 0.3) is 0 Å². The minimum Gasteiger partial charge on any atom is -0.497 e. The average molecular weight is 263 g/mol. The Labute approximate surface area is 112 Å². The molecule has 0 spiro atoms. The Kier molecular flexibility index (Phi) is 4.04. The fraction of sp³-hybridized carbons (Fsp3) is 0.357. The van der Waals surface area contributed by atoms with Crippen molar-refractivity contribution >= 4 is 5.69 Å². The Morgan fingerprint density at radius 1 is 1.42 bits per heavy atom. The molecule has 102 valence electrons. The fourth-order valence-corrected chi connectivity index (χ4v) is 1.72. The zero-order valence-corrected chi connectivity index (χ0v) is 11.4. The third-order valence-electron chi connectivity index (χ3n) is 2.84. The van der Waals surface area contributed by atoms with Crippen molar-refractivity contribution in [2.45, 2.75) is 26.4 Å². The van der Waals surface area contributed by atoms with Gasteiger partial charge in [0.15, 0.2) is 0 Å². The molecule has 0 aliphatic heterocycles. The second-order valence-electron chi connectivity index (χ2n) is 4.62. The number of hydrogen-bond acceptors (Lipinski definition) is 3. The number of nitrogens with zero attached hydrogens (tertiary/aromatic N) is 2. The maximum Gasteiger partial charge on any atom is 0.146 e. The predicted molar refractivity (Wildman–Crippen MR) is 72.9 cm³/mol. The average Bonchev–Trinajstić information content (AvgIpc) is 2.87. The van der Waals surface area contributed by atoms with Gasteiger partial charge in [-0.05, 0) is 26.0 Å². The van der Waals surface area contributed by atoms with Gasteiger partial charge >= 0.3 is 0 Å². The van der Waals surface area contributed by atoms with E-state index in [1.165, 1.54) is 6.07 Å². The van der Waals surface area contributed by atoms with E-state index in [0.29, 0.717) is 24.0 Å². The first-order valence-electron chi connectivity index (χ1n) is 6.20. The molecule has 1 N–H and O–H groups in total. The van der Waals surface area contributed by atoms with Gasteiger partial charge in [-0.2, -0.15) is 5.10 Å². The van der Waals surface area contributed by atoms with E-state index >= 15 is 0 Å². The number of benzene rings is 1. The first kappa shape index (κ1) is 13.4. The maximum absolute atomic E-state index is 13.6. The quantitative estimate of drug-likeness (QED) is 0.900. The highest BCUT2D eigenvalue weighted by Crippen LogP contribution is 2.21. The molecule has 0 saturated heterocycles. The second kappa shape index (κ2) is 5.73. The molecule has 2 rings (SSSR count). The summed E-state index contributed by atoms with van der Waals surface area (Å²) < 4.78 is 20.6. The topological polar surface area (TPSA) is 39.1 Å². The summed E-state index contributed by atoms with van der Waals surface area (Å²) in [7, 11) is 1.56. The zero-order valence-electron chi connectivity index (χ0n) is 11.4. The van der Waals surface area contributed by atoms with Crippen LogP contribution in [0.5, 0.6) is 5.75 Å². The zero-order chi connectivity index (χ0) is 13.8. The summed E-state index contributed by atoms with van der Waals surface area (Å²) in [6.45, 7) is 4.65. The molecule has 1 aromatic heterocycles. The molecule has 4 nitrogen and oxygen atoms in total. The number of methoxy groups -OCH3 is 1. The number of nitrogens with one attached hydrogen (secondary N) is 1. The highest BCUT2D eigenvalue weighted by Gasteiger charge is 2.05. The molecule has 0 bridgehead atoms. The molecule has 2 aromatic rings. The SMILES string of the molecule is COc1ccc(F)c(NCc2cnn(C(C)C)c2)c1. The van der Waals surface area contributed by atoms with Crippen molar-refractivity contribution in [3.63, 3.8) is 0 Å². The molecule has 0 saturated carbocycles. The summed E-state index contributed by atoms with van der Waals surface area (Å²) in [5.41, 5.74) is 1.44. The number of ether oxygens (including phenoxy) is 1. The minimum absolute atomic E-state index is 0.294. The van der Waals surface area contributed by atoms with Crippen molar-refractivity contribution < 1.29 is 9.13 Å². The van der Waals surface area contributed by atoms with E-state index in [-0.39, 0.29) is 5.82 Å². The van der Waals surface area contributed by atoms with E-state index in [0.717, 1.165) is 5.56 Å². The Bertz CT molecular complexity index is 551. The summed E-state index contributed by atoms with van der Waals surface area (Å²) in [6, 6.07) is 4.94. The molecule has 0 fully saturated rings. The Balaban J connectivity index is 2.05. The number of anilines is 1. The van der Waals surface area contributed by atoms with Crippen LogP contribution in [0.15, 0.2) is 30.6 Å². The molecule has 0 atom stereocenters. The molecular formula is C14H18FN3O. The molecule has 0 unspecified atom stereocenters. The molecule has 0 radical (unpaired) electrons. The lowest BCUT2D eigenvalue weighted by Crippen LogP contribution is -2.02. The highest BCUT2D eigenvalue weighted by molar-refractivity contribution is 5.49. The van der Waals surface area contributed by atoms with E-state index in [2.05, 4.69) is 24.3 Å². The second-order valence-corrected chi connectivity index (χ2v) is 4.62. The van der Waals surface area contributed by atoms with Gasteiger partial charge in [0.1, 0.15) is 11.6 Å². The van der Waals surface area contributed by atoms with Crippen LogP contribution in [-0.4, -0.2) is 16.9 Å². The Morgan fingerprint density at radius 2 is 2.21 bits per heavy atom. The highest BCUT2D eigenvalue weighted by atomic mass is 19.1. The van der Waals surface area contributed by atoms with Crippen LogP contribution in [0.3, 0.4) is 0 Å². The van der Waals surface area contributed by atoms with E-state index in [4.69, 9.17) is 4.74 Å². The number of halogens is 1. The number of hydrogen-bond donors (Lipinski definition) is 1. The smallest absolute Gasteiger partial charge is 0.146 e. The third kappa shape index (κ3) is 3.24. The van der Waals surface area contributed by atoms with Crippen LogP contribution >= 0.6 is 0 Å². The van der Waals surface area contributed by atoms with Crippen molar-refractivity contribution in [1.82, 2.24) is 9.78 Å². The first-order valence-corrected chi connectivity index (χ1v) is 6.20. The van der Waals surface area contributed by atoms with Crippen molar-refractivity contribution in [3.05, 3.63) is 42.0 Å². The van der Waals surface area contributed by atoms with Gasteiger partial charge in [-0.1, -0.05) is 0 Å². The van der Waals surface area contributed by atoms with Gasteiger partial charge in [0.2, 0.25) is 0 Å². The maximum atomic E-state index is 13.6. The van der Waals surface area contributed by atoms with Gasteiger partial charge in [-0.3, -0.25) is 4.68 Å². The number of rotatable bonds is 5. The van der Waals surface area contributed by atoms with Gasteiger partial charge in [0.05, 0.1) is 19.0 Å². The standard InChI is InChI=1S/C14H18FN3O/c1-10(2)18-9-11(8-17-18)7-16-14-6-12(19-3)4-5-13(14)15/h4-6,8-10,16H,7H2,1-3H3. The van der Waals surface area contributed by atoms with E-state index < -0.39 is 0 Å². The molecular weight excluding hydrogens is 245 g/mol. The lowest BCUT2D eigenvalue weighted by Gasteiger charge is -2.08. The van der Waals surface area contributed by atoms with Crippen LogP contribution in [0.2, 0.25) is 0 Å². The lowest BCUT2D eigenvalue weighted by atomic mass is 10.2. The molecule has 0 aliphatic carbocycles. The lowest BCUT2D eigenvalue weighted by molar-refractivity contribution is 0.414. The third-order valence-corrected chi connectivity index (χ3v) is 2.84. The van der Waals surface area contributed by atoms with Crippen molar-refractivity contribution in [2.24, 2.45) is 0 Å². The fourth-order valence-electron chi connectivity index (χ4n) is 1.72. The van der Waals surface area contributed by atoms with Crippen LogP contribution < -0.4 is 10.1 Å². The van der Waals surface area contributed by atoms with Gasteiger partial charge in [-0.25, -0.2) is 4.39 Å². The van der Waals surface area contributed by atoms with E-state index in [1.807, 2.05) is 10.9 Å². The molecule has 1 aromatic carbocycles.